The third-order valence-electron chi connectivity index (χ3n) is 4.11. The predicted octanol–water partition coefficient (Wildman–Crippen LogP) is 4.28. The van der Waals surface area contributed by atoms with Crippen LogP contribution in [-0.2, 0) is 0 Å². The lowest BCUT2D eigenvalue weighted by atomic mass is 9.97. The van der Waals surface area contributed by atoms with Crippen LogP contribution in [0, 0.1) is 0 Å². The number of alkyl halides is 3. The zero-order chi connectivity index (χ0) is 18.7. The minimum atomic E-state index is -4.73. The summed E-state index contributed by atoms with van der Waals surface area (Å²) >= 11 is 12.7. The maximum Gasteiger partial charge on any atom is 0.573 e. The number of halogens is 5. The predicted molar refractivity (Wildman–Crippen MR) is 93.7 cm³/mol. The summed E-state index contributed by atoms with van der Waals surface area (Å²) in [4.78, 5) is 6.16. The number of hydrogen-bond acceptors (Lipinski definition) is 4. The van der Waals surface area contributed by atoms with E-state index in [1.54, 1.807) is 12.1 Å². The molecule has 0 spiro atoms. The molecule has 1 aromatic carbocycles. The lowest BCUT2D eigenvalue weighted by molar-refractivity contribution is -0.274. The van der Waals surface area contributed by atoms with Crippen LogP contribution in [0.3, 0.4) is 0 Å². The molecule has 2 heterocycles. The number of pyridine rings is 1. The van der Waals surface area contributed by atoms with Crippen molar-refractivity contribution in [1.82, 2.24) is 15.2 Å². The number of rotatable bonds is 4. The first-order valence-electron chi connectivity index (χ1n) is 7.94. The monoisotopic (exact) mass is 405 g/mol. The summed E-state index contributed by atoms with van der Waals surface area (Å²) in [5, 5.41) is 4.10. The van der Waals surface area contributed by atoms with E-state index in [2.05, 4.69) is 19.9 Å². The second-order valence-electron chi connectivity index (χ2n) is 5.82. The Morgan fingerprint density at radius 2 is 1.62 bits per heavy atom. The standard InChI is InChI=1S/C17H16Cl2F3N3O/c18-13-9-24-10-14(19)15(13)16(25-7-5-23-6-8-25)11-1-3-12(4-2-11)26-17(20,21)22/h1-4,9-10,16,23H,5-8H2/t16-/m0/s1. The number of piperazine rings is 1. The molecular formula is C17H16Cl2F3N3O. The minimum absolute atomic E-state index is 0.271. The molecule has 2 aromatic rings. The Bertz CT molecular complexity index is 730. The maximum atomic E-state index is 12.4. The van der Waals surface area contributed by atoms with Gasteiger partial charge >= 0.3 is 6.36 Å². The van der Waals surface area contributed by atoms with E-state index in [4.69, 9.17) is 23.2 Å². The van der Waals surface area contributed by atoms with Gasteiger partial charge < -0.3 is 10.1 Å². The number of nitrogens with one attached hydrogen (secondary N) is 1. The highest BCUT2D eigenvalue weighted by atomic mass is 35.5. The van der Waals surface area contributed by atoms with Crippen molar-refractivity contribution < 1.29 is 17.9 Å². The lowest BCUT2D eigenvalue weighted by Gasteiger charge is -2.36. The van der Waals surface area contributed by atoms with Crippen LogP contribution in [0.5, 0.6) is 5.75 Å². The largest absolute Gasteiger partial charge is 0.573 e. The number of hydrogen-bond donors (Lipinski definition) is 1. The molecule has 0 saturated carbocycles. The van der Waals surface area contributed by atoms with Crippen LogP contribution < -0.4 is 10.1 Å². The Morgan fingerprint density at radius 1 is 1.04 bits per heavy atom. The fourth-order valence-electron chi connectivity index (χ4n) is 3.03. The van der Waals surface area contributed by atoms with Gasteiger partial charge in [-0.3, -0.25) is 9.88 Å². The van der Waals surface area contributed by atoms with Crippen molar-refractivity contribution in [1.29, 1.82) is 0 Å². The second kappa shape index (κ2) is 8.00. The van der Waals surface area contributed by atoms with Gasteiger partial charge in [-0.05, 0) is 17.7 Å². The first-order chi connectivity index (χ1) is 12.3. The maximum absolute atomic E-state index is 12.4. The van der Waals surface area contributed by atoms with E-state index in [1.165, 1.54) is 24.5 Å². The molecule has 0 aliphatic carbocycles. The molecule has 1 aliphatic heterocycles. The van der Waals surface area contributed by atoms with Gasteiger partial charge in [-0.2, -0.15) is 0 Å². The molecule has 0 amide bonds. The Hall–Kier alpha value is -1.54. The topological polar surface area (TPSA) is 37.4 Å². The van der Waals surface area contributed by atoms with Crippen LogP contribution in [0.1, 0.15) is 17.2 Å². The van der Waals surface area contributed by atoms with Crippen LogP contribution in [0.2, 0.25) is 10.0 Å². The van der Waals surface area contributed by atoms with Gasteiger partial charge in [0.2, 0.25) is 0 Å². The first kappa shape index (κ1) is 19.2. The molecule has 1 atom stereocenters. The molecule has 1 fully saturated rings. The molecule has 0 unspecified atom stereocenters. The molecule has 9 heteroatoms. The average molecular weight is 406 g/mol. The summed E-state index contributed by atoms with van der Waals surface area (Å²) in [6, 6.07) is 5.49. The van der Waals surface area contributed by atoms with E-state index in [-0.39, 0.29) is 11.8 Å². The Labute approximate surface area is 158 Å². The molecule has 4 nitrogen and oxygen atoms in total. The molecular weight excluding hydrogens is 390 g/mol. The number of nitrogens with zero attached hydrogens (tertiary/aromatic N) is 2. The quantitative estimate of drug-likeness (QED) is 0.823. The van der Waals surface area contributed by atoms with Crippen molar-refractivity contribution in [2.24, 2.45) is 0 Å². The van der Waals surface area contributed by atoms with E-state index < -0.39 is 6.36 Å². The van der Waals surface area contributed by atoms with Gasteiger partial charge in [0.25, 0.3) is 0 Å². The Kier molecular flexibility index (Phi) is 5.92. The van der Waals surface area contributed by atoms with Gasteiger partial charge in [-0.15, -0.1) is 13.2 Å². The van der Waals surface area contributed by atoms with Crippen molar-refractivity contribution >= 4 is 23.2 Å². The Balaban J connectivity index is 1.98. The van der Waals surface area contributed by atoms with E-state index in [0.29, 0.717) is 15.6 Å². The molecule has 3 rings (SSSR count). The third-order valence-corrected chi connectivity index (χ3v) is 4.71. The second-order valence-corrected chi connectivity index (χ2v) is 6.64. The van der Waals surface area contributed by atoms with Crippen molar-refractivity contribution in [2.45, 2.75) is 12.4 Å². The Morgan fingerprint density at radius 3 is 2.15 bits per heavy atom. The molecule has 1 aromatic heterocycles. The number of ether oxygens (including phenoxy) is 1. The van der Waals surface area contributed by atoms with Crippen LogP contribution in [0.4, 0.5) is 13.2 Å². The molecule has 26 heavy (non-hydrogen) atoms. The van der Waals surface area contributed by atoms with Gasteiger partial charge in [-0.25, -0.2) is 0 Å². The van der Waals surface area contributed by atoms with Crippen molar-refractivity contribution in [3.8, 4) is 5.75 Å². The highest BCUT2D eigenvalue weighted by Crippen LogP contribution is 2.38. The summed E-state index contributed by atoms with van der Waals surface area (Å²) in [7, 11) is 0. The third kappa shape index (κ3) is 4.59. The summed E-state index contributed by atoms with van der Waals surface area (Å²) < 4.78 is 41.1. The van der Waals surface area contributed by atoms with Gasteiger partial charge in [-0.1, -0.05) is 35.3 Å². The van der Waals surface area contributed by atoms with Crippen LogP contribution in [-0.4, -0.2) is 42.4 Å². The summed E-state index contributed by atoms with van der Waals surface area (Å²) in [5.41, 5.74) is 1.46. The molecule has 140 valence electrons. The zero-order valence-electron chi connectivity index (χ0n) is 13.6. The van der Waals surface area contributed by atoms with E-state index in [9.17, 15) is 13.2 Å². The van der Waals surface area contributed by atoms with Crippen molar-refractivity contribution in [3.05, 3.63) is 57.8 Å². The van der Waals surface area contributed by atoms with Crippen LogP contribution in [0.15, 0.2) is 36.7 Å². The van der Waals surface area contributed by atoms with Crippen LogP contribution >= 0.6 is 23.2 Å². The van der Waals surface area contributed by atoms with Crippen LogP contribution in [0.25, 0.3) is 0 Å². The number of aromatic nitrogens is 1. The SMILES string of the molecule is FC(F)(F)Oc1ccc([C@@H](c2c(Cl)cncc2Cl)N2CCNCC2)cc1. The molecule has 0 bridgehead atoms. The normalized spacial score (nSPS) is 17.1. The van der Waals surface area contributed by atoms with Gasteiger partial charge in [0, 0.05) is 44.1 Å². The minimum Gasteiger partial charge on any atom is -0.406 e. The zero-order valence-corrected chi connectivity index (χ0v) is 15.1. The number of benzene rings is 1. The van der Waals surface area contributed by atoms with Crippen molar-refractivity contribution in [3.63, 3.8) is 0 Å². The summed E-state index contributed by atoms with van der Waals surface area (Å²) in [6.07, 6.45) is -1.70. The van der Waals surface area contributed by atoms with E-state index in [0.717, 1.165) is 31.7 Å². The molecule has 1 saturated heterocycles. The molecule has 0 radical (unpaired) electrons. The average Bonchev–Trinajstić information content (AvgIpc) is 2.59. The van der Waals surface area contributed by atoms with Crippen molar-refractivity contribution in [2.75, 3.05) is 26.2 Å². The van der Waals surface area contributed by atoms with E-state index in [1.807, 2.05) is 0 Å². The van der Waals surface area contributed by atoms with Gasteiger partial charge in [0.05, 0.1) is 16.1 Å². The molecule has 1 aliphatic rings. The van der Waals surface area contributed by atoms with Gasteiger partial charge in [0.15, 0.2) is 0 Å². The fraction of sp³-hybridized carbons (Fsp3) is 0.353. The fourth-order valence-corrected chi connectivity index (χ4v) is 3.61. The summed E-state index contributed by atoms with van der Waals surface area (Å²) in [5.74, 6) is -0.271. The highest BCUT2D eigenvalue weighted by molar-refractivity contribution is 6.35. The smallest absolute Gasteiger partial charge is 0.406 e. The highest BCUT2D eigenvalue weighted by Gasteiger charge is 2.32. The summed E-state index contributed by atoms with van der Waals surface area (Å²) in [6.45, 7) is 3.10. The van der Waals surface area contributed by atoms with E-state index >= 15 is 0 Å². The first-order valence-corrected chi connectivity index (χ1v) is 8.70. The lowest BCUT2D eigenvalue weighted by Crippen LogP contribution is -2.45. The molecule has 1 N–H and O–H groups in total. The van der Waals surface area contributed by atoms with Gasteiger partial charge in [0.1, 0.15) is 5.75 Å².